The fourth-order valence-electron chi connectivity index (χ4n) is 2.04. The van der Waals surface area contributed by atoms with Gasteiger partial charge < -0.3 is 15.3 Å². The van der Waals surface area contributed by atoms with E-state index >= 15 is 0 Å². The van der Waals surface area contributed by atoms with Crippen LogP contribution in [0.2, 0.25) is 0 Å². The lowest BCUT2D eigenvalue weighted by Gasteiger charge is -2.23. The average molecular weight is 272 g/mol. The minimum Gasteiger partial charge on any atom is -0.395 e. The molecule has 5 nitrogen and oxygen atoms in total. The number of anilines is 2. The summed E-state index contributed by atoms with van der Waals surface area (Å²) < 4.78 is 0. The minimum absolute atomic E-state index is 0.0881. The molecule has 0 fully saturated rings. The van der Waals surface area contributed by atoms with Crippen molar-refractivity contribution in [3.05, 3.63) is 47.8 Å². The third-order valence-corrected chi connectivity index (χ3v) is 2.99. The zero-order valence-electron chi connectivity index (χ0n) is 11.9. The Morgan fingerprint density at radius 3 is 2.60 bits per heavy atom. The molecule has 20 heavy (non-hydrogen) atoms. The Morgan fingerprint density at radius 1 is 1.20 bits per heavy atom. The third-order valence-electron chi connectivity index (χ3n) is 2.99. The molecular formula is C15H20N4O. The predicted octanol–water partition coefficient (Wildman–Crippen LogP) is 1.83. The summed E-state index contributed by atoms with van der Waals surface area (Å²) in [6.07, 6.45) is 0. The van der Waals surface area contributed by atoms with Gasteiger partial charge in [-0.1, -0.05) is 30.3 Å². The van der Waals surface area contributed by atoms with Crippen LogP contribution in [0.15, 0.2) is 36.4 Å². The maximum atomic E-state index is 9.27. The Morgan fingerprint density at radius 2 is 1.95 bits per heavy atom. The molecule has 0 amide bonds. The molecule has 2 N–H and O–H groups in total. The minimum atomic E-state index is 0.0881. The molecule has 0 aliphatic heterocycles. The van der Waals surface area contributed by atoms with Crippen LogP contribution in [0, 0.1) is 6.92 Å². The predicted molar refractivity (Wildman–Crippen MR) is 80.9 cm³/mol. The molecule has 106 valence electrons. The van der Waals surface area contributed by atoms with Crippen molar-refractivity contribution in [2.75, 3.05) is 30.4 Å². The molecular weight excluding hydrogens is 252 g/mol. The molecule has 1 heterocycles. The van der Waals surface area contributed by atoms with Crippen molar-refractivity contribution in [2.45, 2.75) is 13.5 Å². The van der Waals surface area contributed by atoms with Gasteiger partial charge in [0.1, 0.15) is 17.5 Å². The van der Waals surface area contributed by atoms with Gasteiger partial charge in [-0.3, -0.25) is 0 Å². The second-order valence-corrected chi connectivity index (χ2v) is 4.54. The van der Waals surface area contributed by atoms with Crippen LogP contribution in [0.3, 0.4) is 0 Å². The Kier molecular flexibility index (Phi) is 4.90. The van der Waals surface area contributed by atoms with Gasteiger partial charge in [-0.25, -0.2) is 9.97 Å². The summed E-state index contributed by atoms with van der Waals surface area (Å²) in [5, 5.41) is 12.3. The van der Waals surface area contributed by atoms with Crippen LogP contribution in [0.25, 0.3) is 0 Å². The molecule has 1 aromatic heterocycles. The van der Waals surface area contributed by atoms with Crippen LogP contribution in [0.4, 0.5) is 11.6 Å². The number of aliphatic hydroxyl groups excluding tert-OH is 1. The zero-order chi connectivity index (χ0) is 14.4. The van der Waals surface area contributed by atoms with Crippen molar-refractivity contribution >= 4 is 11.6 Å². The molecule has 0 spiro atoms. The highest BCUT2D eigenvalue weighted by molar-refractivity contribution is 5.49. The van der Waals surface area contributed by atoms with E-state index in [1.807, 2.05) is 43.1 Å². The topological polar surface area (TPSA) is 61.3 Å². The van der Waals surface area contributed by atoms with Crippen LogP contribution >= 0.6 is 0 Å². The molecule has 2 rings (SSSR count). The summed E-state index contributed by atoms with van der Waals surface area (Å²) in [7, 11) is 1.83. The average Bonchev–Trinajstić information content (AvgIpc) is 2.47. The van der Waals surface area contributed by atoms with Gasteiger partial charge in [0.15, 0.2) is 0 Å². The molecule has 0 unspecified atom stereocenters. The highest BCUT2D eigenvalue weighted by atomic mass is 16.3. The molecule has 0 aliphatic carbocycles. The van der Waals surface area contributed by atoms with Crippen LogP contribution in [-0.4, -0.2) is 35.3 Å². The Balaban J connectivity index is 2.26. The van der Waals surface area contributed by atoms with E-state index in [0.29, 0.717) is 18.9 Å². The second-order valence-electron chi connectivity index (χ2n) is 4.54. The SMILES string of the molecule is CNc1cc(N(CCO)Cc2ccccc2)nc(C)n1. The second kappa shape index (κ2) is 6.86. The van der Waals surface area contributed by atoms with Gasteiger partial charge in [-0.05, 0) is 12.5 Å². The van der Waals surface area contributed by atoms with E-state index in [1.54, 1.807) is 0 Å². The largest absolute Gasteiger partial charge is 0.395 e. The number of aromatic nitrogens is 2. The van der Waals surface area contributed by atoms with Gasteiger partial charge in [-0.2, -0.15) is 0 Å². The molecule has 0 atom stereocenters. The molecule has 0 saturated carbocycles. The monoisotopic (exact) mass is 272 g/mol. The molecule has 0 aliphatic rings. The van der Waals surface area contributed by atoms with E-state index < -0.39 is 0 Å². The first kappa shape index (κ1) is 14.3. The van der Waals surface area contributed by atoms with Gasteiger partial charge in [0.05, 0.1) is 6.61 Å². The third kappa shape index (κ3) is 3.68. The Bertz CT molecular complexity index is 545. The van der Waals surface area contributed by atoms with Gasteiger partial charge in [0.25, 0.3) is 0 Å². The summed E-state index contributed by atoms with van der Waals surface area (Å²) in [6, 6.07) is 12.0. The van der Waals surface area contributed by atoms with Crippen LogP contribution in [-0.2, 0) is 6.54 Å². The molecule has 0 bridgehead atoms. The fraction of sp³-hybridized carbons (Fsp3) is 0.333. The van der Waals surface area contributed by atoms with E-state index in [1.165, 1.54) is 5.56 Å². The lowest BCUT2D eigenvalue weighted by molar-refractivity contribution is 0.301. The first-order valence-electron chi connectivity index (χ1n) is 6.66. The highest BCUT2D eigenvalue weighted by Crippen LogP contribution is 2.18. The van der Waals surface area contributed by atoms with Crippen molar-refractivity contribution in [3.8, 4) is 0 Å². The zero-order valence-corrected chi connectivity index (χ0v) is 11.9. The van der Waals surface area contributed by atoms with Crippen molar-refractivity contribution in [1.29, 1.82) is 0 Å². The molecule has 1 aromatic carbocycles. The number of aryl methyl sites for hydroxylation is 1. The fourth-order valence-corrected chi connectivity index (χ4v) is 2.04. The van der Waals surface area contributed by atoms with Crippen LogP contribution in [0.1, 0.15) is 11.4 Å². The summed E-state index contributed by atoms with van der Waals surface area (Å²) in [4.78, 5) is 10.8. The summed E-state index contributed by atoms with van der Waals surface area (Å²) in [6.45, 7) is 3.20. The number of benzene rings is 1. The first-order valence-corrected chi connectivity index (χ1v) is 6.66. The molecule has 0 saturated heterocycles. The lowest BCUT2D eigenvalue weighted by Crippen LogP contribution is -2.27. The maximum Gasteiger partial charge on any atom is 0.134 e. The maximum absolute atomic E-state index is 9.27. The first-order chi connectivity index (χ1) is 9.72. The molecule has 0 radical (unpaired) electrons. The quantitative estimate of drug-likeness (QED) is 0.840. The van der Waals surface area contributed by atoms with E-state index in [9.17, 15) is 5.11 Å². The smallest absolute Gasteiger partial charge is 0.134 e. The van der Waals surface area contributed by atoms with Gasteiger partial charge in [0, 0.05) is 26.2 Å². The van der Waals surface area contributed by atoms with Gasteiger partial charge in [-0.15, -0.1) is 0 Å². The van der Waals surface area contributed by atoms with Gasteiger partial charge in [0.2, 0.25) is 0 Å². The number of hydrogen-bond donors (Lipinski definition) is 2. The van der Waals surface area contributed by atoms with Crippen molar-refractivity contribution in [3.63, 3.8) is 0 Å². The van der Waals surface area contributed by atoms with Gasteiger partial charge >= 0.3 is 0 Å². The summed E-state index contributed by atoms with van der Waals surface area (Å²) in [5.41, 5.74) is 1.18. The molecule has 2 aromatic rings. The number of nitrogens with zero attached hydrogens (tertiary/aromatic N) is 3. The number of aliphatic hydroxyl groups is 1. The normalized spacial score (nSPS) is 10.3. The van der Waals surface area contributed by atoms with Crippen molar-refractivity contribution in [1.82, 2.24) is 9.97 Å². The Labute approximate surface area is 119 Å². The number of rotatable bonds is 6. The van der Waals surface area contributed by atoms with Crippen molar-refractivity contribution < 1.29 is 5.11 Å². The van der Waals surface area contributed by atoms with E-state index in [0.717, 1.165) is 11.6 Å². The summed E-state index contributed by atoms with van der Waals surface area (Å²) in [5.74, 6) is 2.31. The van der Waals surface area contributed by atoms with E-state index in [2.05, 4.69) is 27.4 Å². The van der Waals surface area contributed by atoms with Crippen LogP contribution < -0.4 is 10.2 Å². The van der Waals surface area contributed by atoms with E-state index in [4.69, 9.17) is 0 Å². The lowest BCUT2D eigenvalue weighted by atomic mass is 10.2. The van der Waals surface area contributed by atoms with Crippen molar-refractivity contribution in [2.24, 2.45) is 0 Å². The highest BCUT2D eigenvalue weighted by Gasteiger charge is 2.10. The summed E-state index contributed by atoms with van der Waals surface area (Å²) >= 11 is 0. The molecule has 5 heteroatoms. The number of hydrogen-bond acceptors (Lipinski definition) is 5. The Hall–Kier alpha value is -2.14. The number of nitrogens with one attached hydrogen (secondary N) is 1. The standard InChI is InChI=1S/C15H20N4O/c1-12-17-14(16-2)10-15(18-12)19(8-9-20)11-13-6-4-3-5-7-13/h3-7,10,20H,8-9,11H2,1-2H3,(H,16,17,18). The van der Waals surface area contributed by atoms with E-state index in [-0.39, 0.29) is 6.61 Å². The van der Waals surface area contributed by atoms with Crippen LogP contribution in [0.5, 0.6) is 0 Å².